The van der Waals surface area contributed by atoms with Gasteiger partial charge in [-0.25, -0.2) is 8.78 Å². The molecule has 0 nitrogen and oxygen atoms in total. The van der Waals surface area contributed by atoms with Crippen LogP contribution in [0.3, 0.4) is 0 Å². The van der Waals surface area contributed by atoms with Crippen LogP contribution in [0.2, 0.25) is 0 Å². The van der Waals surface area contributed by atoms with Gasteiger partial charge in [0.2, 0.25) is 0 Å². The zero-order valence-electron chi connectivity index (χ0n) is 7.27. The van der Waals surface area contributed by atoms with Crippen LogP contribution in [-0.2, 0) is 6.42 Å². The summed E-state index contributed by atoms with van der Waals surface area (Å²) in [5.41, 5.74) is 0.201. The summed E-state index contributed by atoms with van der Waals surface area (Å²) in [4.78, 5) is 0. The van der Waals surface area contributed by atoms with Crippen molar-refractivity contribution in [3.63, 3.8) is 0 Å². The van der Waals surface area contributed by atoms with E-state index in [-0.39, 0.29) is 11.5 Å². The highest BCUT2D eigenvalue weighted by Crippen LogP contribution is 2.15. The molecule has 0 amide bonds. The average Bonchev–Trinajstić information content (AvgIpc) is 1.97. The van der Waals surface area contributed by atoms with Gasteiger partial charge in [0.25, 0.3) is 0 Å². The van der Waals surface area contributed by atoms with Crippen LogP contribution in [-0.4, -0.2) is 0 Å². The van der Waals surface area contributed by atoms with Crippen molar-refractivity contribution < 1.29 is 8.78 Å². The van der Waals surface area contributed by atoms with E-state index in [2.05, 4.69) is 0 Å². The zero-order chi connectivity index (χ0) is 9.14. The van der Waals surface area contributed by atoms with Gasteiger partial charge in [0.05, 0.1) is 0 Å². The molecule has 0 N–H and O–H groups in total. The van der Waals surface area contributed by atoms with Gasteiger partial charge in [-0.2, -0.15) is 0 Å². The Kier molecular flexibility index (Phi) is 2.79. The fourth-order valence-electron chi connectivity index (χ4n) is 1.14. The molecule has 0 spiro atoms. The maximum atomic E-state index is 13.0. The molecular weight excluding hydrogens is 158 g/mol. The van der Waals surface area contributed by atoms with Gasteiger partial charge in [0, 0.05) is 5.56 Å². The molecular formula is C10H12F2. The van der Waals surface area contributed by atoms with Crippen molar-refractivity contribution in [3.05, 3.63) is 35.4 Å². The van der Waals surface area contributed by atoms with E-state index < -0.39 is 11.6 Å². The maximum absolute atomic E-state index is 13.0. The SMILES string of the molecule is CC(C)Cc1c(F)cccc1F. The first-order chi connectivity index (χ1) is 5.61. The molecule has 0 bridgehead atoms. The number of rotatable bonds is 2. The van der Waals surface area contributed by atoms with Gasteiger partial charge < -0.3 is 0 Å². The average molecular weight is 170 g/mol. The smallest absolute Gasteiger partial charge is 0.129 e. The normalized spacial score (nSPS) is 10.8. The van der Waals surface area contributed by atoms with Gasteiger partial charge in [0.15, 0.2) is 0 Å². The summed E-state index contributed by atoms with van der Waals surface area (Å²) < 4.78 is 25.9. The van der Waals surface area contributed by atoms with Gasteiger partial charge in [0.1, 0.15) is 11.6 Å². The number of hydrogen-bond acceptors (Lipinski definition) is 0. The second kappa shape index (κ2) is 3.65. The number of halogens is 2. The maximum Gasteiger partial charge on any atom is 0.129 e. The zero-order valence-corrected chi connectivity index (χ0v) is 7.27. The molecule has 1 rings (SSSR count). The van der Waals surface area contributed by atoms with E-state index in [4.69, 9.17) is 0 Å². The summed E-state index contributed by atoms with van der Waals surface area (Å²) in [7, 11) is 0. The topological polar surface area (TPSA) is 0 Å². The Morgan fingerprint density at radius 2 is 1.67 bits per heavy atom. The molecule has 66 valence electrons. The quantitative estimate of drug-likeness (QED) is 0.639. The molecule has 0 aliphatic heterocycles. The molecule has 0 radical (unpaired) electrons. The van der Waals surface area contributed by atoms with Crippen molar-refractivity contribution in [3.8, 4) is 0 Å². The van der Waals surface area contributed by atoms with Crippen molar-refractivity contribution in [2.75, 3.05) is 0 Å². The Hall–Kier alpha value is -0.920. The van der Waals surface area contributed by atoms with E-state index in [0.29, 0.717) is 6.42 Å². The highest BCUT2D eigenvalue weighted by atomic mass is 19.1. The molecule has 2 heteroatoms. The summed E-state index contributed by atoms with van der Waals surface area (Å²) in [5.74, 6) is -0.608. The van der Waals surface area contributed by atoms with Gasteiger partial charge in [-0.05, 0) is 24.5 Å². The van der Waals surface area contributed by atoms with Gasteiger partial charge in [-0.15, -0.1) is 0 Å². The largest absolute Gasteiger partial charge is 0.207 e. The fourth-order valence-corrected chi connectivity index (χ4v) is 1.14. The van der Waals surface area contributed by atoms with E-state index in [1.165, 1.54) is 18.2 Å². The van der Waals surface area contributed by atoms with Crippen molar-refractivity contribution in [1.82, 2.24) is 0 Å². The Morgan fingerprint density at radius 3 is 2.08 bits per heavy atom. The van der Waals surface area contributed by atoms with Crippen LogP contribution < -0.4 is 0 Å². The standard InChI is InChI=1S/C10H12F2/c1-7(2)6-8-9(11)4-3-5-10(8)12/h3-5,7H,6H2,1-2H3. The molecule has 0 saturated carbocycles. The first-order valence-corrected chi connectivity index (χ1v) is 4.04. The minimum atomic E-state index is -0.441. The molecule has 0 aliphatic rings. The third-order valence-electron chi connectivity index (χ3n) is 1.67. The summed E-state index contributed by atoms with van der Waals surface area (Å²) in [6.07, 6.45) is 0.457. The first-order valence-electron chi connectivity index (χ1n) is 4.04. The second-order valence-electron chi connectivity index (χ2n) is 3.30. The molecule has 0 fully saturated rings. The molecule has 12 heavy (non-hydrogen) atoms. The second-order valence-corrected chi connectivity index (χ2v) is 3.30. The highest BCUT2D eigenvalue weighted by molar-refractivity contribution is 5.19. The van der Waals surface area contributed by atoms with E-state index in [0.717, 1.165) is 0 Å². The predicted octanol–water partition coefficient (Wildman–Crippen LogP) is 3.16. The monoisotopic (exact) mass is 170 g/mol. The molecule has 0 unspecified atom stereocenters. The van der Waals surface area contributed by atoms with Gasteiger partial charge >= 0.3 is 0 Å². The predicted molar refractivity (Wildman–Crippen MR) is 44.9 cm³/mol. The van der Waals surface area contributed by atoms with E-state index >= 15 is 0 Å². The van der Waals surface area contributed by atoms with Crippen molar-refractivity contribution in [2.24, 2.45) is 5.92 Å². The lowest BCUT2D eigenvalue weighted by Gasteiger charge is -2.06. The van der Waals surface area contributed by atoms with Crippen LogP contribution in [0, 0.1) is 17.6 Å². The highest BCUT2D eigenvalue weighted by Gasteiger charge is 2.08. The van der Waals surface area contributed by atoms with Crippen LogP contribution in [0.15, 0.2) is 18.2 Å². The lowest BCUT2D eigenvalue weighted by molar-refractivity contribution is 0.525. The third kappa shape index (κ3) is 2.03. The Balaban J connectivity index is 2.96. The minimum absolute atomic E-state index is 0.201. The third-order valence-corrected chi connectivity index (χ3v) is 1.67. The van der Waals surface area contributed by atoms with Crippen LogP contribution in [0.4, 0.5) is 8.78 Å². The van der Waals surface area contributed by atoms with Crippen molar-refractivity contribution >= 4 is 0 Å². The minimum Gasteiger partial charge on any atom is -0.207 e. The van der Waals surface area contributed by atoms with Crippen LogP contribution in [0.25, 0.3) is 0 Å². The first kappa shape index (κ1) is 9.17. The van der Waals surface area contributed by atoms with E-state index in [1.54, 1.807) is 0 Å². The lowest BCUT2D eigenvalue weighted by atomic mass is 10.0. The van der Waals surface area contributed by atoms with E-state index in [1.807, 2.05) is 13.8 Å². The van der Waals surface area contributed by atoms with Gasteiger partial charge in [-0.3, -0.25) is 0 Å². The Bertz CT molecular complexity index is 246. The summed E-state index contributed by atoms with van der Waals surface area (Å²) in [6.45, 7) is 3.87. The molecule has 1 aromatic rings. The molecule has 0 saturated heterocycles. The molecule has 1 aromatic carbocycles. The summed E-state index contributed by atoms with van der Waals surface area (Å²) in [6, 6.07) is 3.97. The molecule has 0 aliphatic carbocycles. The van der Waals surface area contributed by atoms with Crippen molar-refractivity contribution in [2.45, 2.75) is 20.3 Å². The lowest BCUT2D eigenvalue weighted by Crippen LogP contribution is -2.00. The van der Waals surface area contributed by atoms with Crippen LogP contribution >= 0.6 is 0 Å². The Labute approximate surface area is 71.2 Å². The summed E-state index contributed by atoms with van der Waals surface area (Å²) >= 11 is 0. The van der Waals surface area contributed by atoms with Gasteiger partial charge in [-0.1, -0.05) is 19.9 Å². The van der Waals surface area contributed by atoms with Crippen molar-refractivity contribution in [1.29, 1.82) is 0 Å². The van der Waals surface area contributed by atoms with E-state index in [9.17, 15) is 8.78 Å². The number of benzene rings is 1. The number of hydrogen-bond donors (Lipinski definition) is 0. The molecule has 0 aromatic heterocycles. The molecule has 0 heterocycles. The Morgan fingerprint density at radius 1 is 1.17 bits per heavy atom. The molecule has 0 atom stereocenters. The van der Waals surface area contributed by atoms with Crippen LogP contribution in [0.5, 0.6) is 0 Å². The van der Waals surface area contributed by atoms with Crippen LogP contribution in [0.1, 0.15) is 19.4 Å². The summed E-state index contributed by atoms with van der Waals surface area (Å²) in [5, 5.41) is 0. The fraction of sp³-hybridized carbons (Fsp3) is 0.400.